The number of halogens is 1. The van der Waals surface area contributed by atoms with Crippen molar-refractivity contribution in [1.82, 2.24) is 4.90 Å². The van der Waals surface area contributed by atoms with E-state index in [0.29, 0.717) is 6.61 Å². The summed E-state index contributed by atoms with van der Waals surface area (Å²) < 4.78 is 18.2. The Balaban J connectivity index is 2.09. The van der Waals surface area contributed by atoms with Crippen molar-refractivity contribution in [2.24, 2.45) is 0 Å². The van der Waals surface area contributed by atoms with Gasteiger partial charge in [0.2, 0.25) is 0 Å². The molecule has 2 nitrogen and oxygen atoms in total. The molecule has 1 aromatic carbocycles. The molecule has 0 heterocycles. The van der Waals surface area contributed by atoms with Gasteiger partial charge >= 0.3 is 0 Å². The summed E-state index contributed by atoms with van der Waals surface area (Å²) >= 11 is 1.86. The number of ether oxygens (including phenoxy) is 1. The van der Waals surface area contributed by atoms with Crippen LogP contribution in [0.25, 0.3) is 0 Å². The van der Waals surface area contributed by atoms with E-state index in [-0.39, 0.29) is 5.82 Å². The fourth-order valence-corrected chi connectivity index (χ4v) is 1.91. The minimum atomic E-state index is -0.228. The van der Waals surface area contributed by atoms with Gasteiger partial charge < -0.3 is 9.64 Å². The fourth-order valence-electron chi connectivity index (χ4n) is 1.41. The van der Waals surface area contributed by atoms with Crippen molar-refractivity contribution in [3.05, 3.63) is 30.1 Å². The number of thioether (sulfide) groups is 1. The molecule has 0 radical (unpaired) electrons. The summed E-state index contributed by atoms with van der Waals surface area (Å²) in [6, 6.07) is 6.15. The lowest BCUT2D eigenvalue weighted by molar-refractivity contribution is 0.269. The third-order valence-corrected chi connectivity index (χ3v) is 3.03. The van der Waals surface area contributed by atoms with Crippen LogP contribution in [0.3, 0.4) is 0 Å². The van der Waals surface area contributed by atoms with Crippen molar-refractivity contribution in [3.8, 4) is 5.75 Å². The molecule has 0 unspecified atom stereocenters. The van der Waals surface area contributed by atoms with Gasteiger partial charge in [-0.3, -0.25) is 0 Å². The smallest absolute Gasteiger partial charge is 0.123 e. The lowest BCUT2D eigenvalue weighted by Crippen LogP contribution is -2.23. The Morgan fingerprint density at radius 2 is 1.94 bits per heavy atom. The van der Waals surface area contributed by atoms with Crippen LogP contribution in [0.1, 0.15) is 6.42 Å². The van der Waals surface area contributed by atoms with Gasteiger partial charge in [0.15, 0.2) is 0 Å². The van der Waals surface area contributed by atoms with Gasteiger partial charge in [-0.25, -0.2) is 4.39 Å². The summed E-state index contributed by atoms with van der Waals surface area (Å²) in [5, 5.41) is 0. The van der Waals surface area contributed by atoms with E-state index >= 15 is 0 Å². The van der Waals surface area contributed by atoms with E-state index in [1.807, 2.05) is 11.8 Å². The second-order valence-corrected chi connectivity index (χ2v) is 4.94. The van der Waals surface area contributed by atoms with Crippen molar-refractivity contribution in [1.29, 1.82) is 0 Å². The highest BCUT2D eigenvalue weighted by molar-refractivity contribution is 7.98. The first-order valence-corrected chi connectivity index (χ1v) is 7.17. The van der Waals surface area contributed by atoms with Crippen LogP contribution in [0.4, 0.5) is 4.39 Å². The molecule has 0 N–H and O–H groups in total. The average molecular weight is 257 g/mol. The molecule has 0 amide bonds. The molecule has 0 bridgehead atoms. The van der Waals surface area contributed by atoms with E-state index in [2.05, 4.69) is 18.2 Å². The largest absolute Gasteiger partial charge is 0.494 e. The van der Waals surface area contributed by atoms with Gasteiger partial charge in [0.1, 0.15) is 11.6 Å². The average Bonchev–Trinajstić information content (AvgIpc) is 2.34. The molecule has 0 spiro atoms. The first-order valence-electron chi connectivity index (χ1n) is 5.78. The molecule has 0 aliphatic heterocycles. The normalized spacial score (nSPS) is 10.8. The minimum absolute atomic E-state index is 0.228. The van der Waals surface area contributed by atoms with Crippen LogP contribution in [0, 0.1) is 5.82 Å². The zero-order valence-corrected chi connectivity index (χ0v) is 11.3. The van der Waals surface area contributed by atoms with Crippen molar-refractivity contribution in [2.45, 2.75) is 6.42 Å². The highest BCUT2D eigenvalue weighted by Crippen LogP contribution is 2.11. The molecule has 96 valence electrons. The second kappa shape index (κ2) is 8.37. The lowest BCUT2D eigenvalue weighted by atomic mass is 10.3. The summed E-state index contributed by atoms with van der Waals surface area (Å²) in [6.07, 6.45) is 3.10. The molecule has 1 rings (SSSR count). The zero-order valence-electron chi connectivity index (χ0n) is 10.5. The van der Waals surface area contributed by atoms with Gasteiger partial charge in [-0.2, -0.15) is 11.8 Å². The lowest BCUT2D eigenvalue weighted by Gasteiger charge is -2.15. The van der Waals surface area contributed by atoms with Crippen LogP contribution in [0.5, 0.6) is 5.75 Å². The van der Waals surface area contributed by atoms with E-state index < -0.39 is 0 Å². The van der Waals surface area contributed by atoms with E-state index in [0.717, 1.165) is 31.0 Å². The first-order chi connectivity index (χ1) is 8.22. The molecule has 4 heteroatoms. The predicted octanol–water partition coefficient (Wildman–Crippen LogP) is 2.89. The Morgan fingerprint density at radius 1 is 1.24 bits per heavy atom. The number of hydrogen-bond donors (Lipinski definition) is 0. The first kappa shape index (κ1) is 14.3. The van der Waals surface area contributed by atoms with Crippen LogP contribution in [0.2, 0.25) is 0 Å². The van der Waals surface area contributed by atoms with Crippen LogP contribution in [-0.4, -0.2) is 43.7 Å². The molecule has 0 fully saturated rings. The zero-order chi connectivity index (χ0) is 12.5. The maximum atomic E-state index is 12.6. The standard InChI is InChI=1S/C13H20FNOS/c1-15(9-11-17-2)8-3-10-16-13-6-4-12(14)5-7-13/h4-7H,3,8-11H2,1-2H3. The van der Waals surface area contributed by atoms with E-state index in [9.17, 15) is 4.39 Å². The third kappa shape index (κ3) is 6.54. The number of benzene rings is 1. The molecule has 0 aliphatic rings. The van der Waals surface area contributed by atoms with Gasteiger partial charge in [0, 0.05) is 18.8 Å². The molecule has 0 atom stereocenters. The Labute approximate surface area is 107 Å². The molecule has 17 heavy (non-hydrogen) atoms. The van der Waals surface area contributed by atoms with Crippen molar-refractivity contribution in [2.75, 3.05) is 38.8 Å². The summed E-state index contributed by atoms with van der Waals surface area (Å²) in [7, 11) is 2.12. The highest BCUT2D eigenvalue weighted by atomic mass is 32.2. The fraction of sp³-hybridized carbons (Fsp3) is 0.538. The van der Waals surface area contributed by atoms with Crippen molar-refractivity contribution < 1.29 is 9.13 Å². The Morgan fingerprint density at radius 3 is 2.59 bits per heavy atom. The summed E-state index contributed by atoms with van der Waals surface area (Å²) in [5.41, 5.74) is 0. The third-order valence-electron chi connectivity index (χ3n) is 2.44. The highest BCUT2D eigenvalue weighted by Gasteiger charge is 1.98. The van der Waals surface area contributed by atoms with Crippen LogP contribution >= 0.6 is 11.8 Å². The number of hydrogen-bond acceptors (Lipinski definition) is 3. The second-order valence-electron chi connectivity index (χ2n) is 3.95. The molecule has 0 saturated heterocycles. The Bertz CT molecular complexity index is 305. The molecular weight excluding hydrogens is 237 g/mol. The maximum Gasteiger partial charge on any atom is 0.123 e. The number of nitrogens with zero attached hydrogens (tertiary/aromatic N) is 1. The summed E-state index contributed by atoms with van der Waals surface area (Å²) in [6.45, 7) is 2.81. The predicted molar refractivity (Wildman–Crippen MR) is 72.4 cm³/mol. The molecule has 0 aliphatic carbocycles. The van der Waals surface area contributed by atoms with E-state index in [1.165, 1.54) is 12.1 Å². The Hall–Kier alpha value is -0.740. The monoisotopic (exact) mass is 257 g/mol. The van der Waals surface area contributed by atoms with Crippen molar-refractivity contribution in [3.63, 3.8) is 0 Å². The summed E-state index contributed by atoms with van der Waals surface area (Å²) in [4.78, 5) is 2.30. The van der Waals surface area contributed by atoms with Gasteiger partial charge in [0.05, 0.1) is 6.61 Å². The quantitative estimate of drug-likeness (QED) is 0.664. The van der Waals surface area contributed by atoms with Crippen LogP contribution in [0.15, 0.2) is 24.3 Å². The van der Waals surface area contributed by atoms with Gasteiger partial charge in [-0.05, 0) is 44.0 Å². The minimum Gasteiger partial charge on any atom is -0.494 e. The van der Waals surface area contributed by atoms with Crippen molar-refractivity contribution >= 4 is 11.8 Å². The molecule has 0 aromatic heterocycles. The number of rotatable bonds is 8. The summed E-state index contributed by atoms with van der Waals surface area (Å²) in [5.74, 6) is 1.67. The van der Waals surface area contributed by atoms with E-state index in [1.54, 1.807) is 12.1 Å². The molecular formula is C13H20FNOS. The van der Waals surface area contributed by atoms with Crippen LogP contribution < -0.4 is 4.74 Å². The maximum absolute atomic E-state index is 12.6. The van der Waals surface area contributed by atoms with Gasteiger partial charge in [-0.15, -0.1) is 0 Å². The van der Waals surface area contributed by atoms with Gasteiger partial charge in [0.25, 0.3) is 0 Å². The van der Waals surface area contributed by atoms with Gasteiger partial charge in [-0.1, -0.05) is 0 Å². The topological polar surface area (TPSA) is 12.5 Å². The molecule has 1 aromatic rings. The molecule has 0 saturated carbocycles. The Kier molecular flexibility index (Phi) is 7.05. The van der Waals surface area contributed by atoms with Crippen LogP contribution in [-0.2, 0) is 0 Å². The SMILES string of the molecule is CSCCN(C)CCCOc1ccc(F)cc1. The van der Waals surface area contributed by atoms with E-state index in [4.69, 9.17) is 4.74 Å².